The van der Waals surface area contributed by atoms with Crippen molar-refractivity contribution in [1.82, 2.24) is 9.55 Å². The van der Waals surface area contributed by atoms with E-state index in [1.54, 1.807) is 0 Å². The van der Waals surface area contributed by atoms with Crippen LogP contribution in [0.25, 0.3) is 0 Å². The van der Waals surface area contributed by atoms with Gasteiger partial charge in [0, 0.05) is 23.4 Å². The molecule has 0 bridgehead atoms. The van der Waals surface area contributed by atoms with Crippen LogP contribution in [0.3, 0.4) is 0 Å². The number of rotatable bonds is 20. The number of unbranched alkanes of at least 4 members (excludes halogenated alkanes) is 13. The number of aliphatic hydroxyl groups is 1. The van der Waals surface area contributed by atoms with E-state index in [9.17, 15) is 24.2 Å². The van der Waals surface area contributed by atoms with Crippen molar-refractivity contribution in [1.29, 1.82) is 0 Å². The average molecular weight is 532 g/mol. The molecule has 0 amide bonds. The van der Waals surface area contributed by atoms with E-state index in [2.05, 4.69) is 11.9 Å². The van der Waals surface area contributed by atoms with Crippen LogP contribution in [0.15, 0.2) is 21.9 Å². The highest BCUT2D eigenvalue weighted by atomic mass is 31.1. The fourth-order valence-electron chi connectivity index (χ4n) is 4.63. The highest BCUT2D eigenvalue weighted by Gasteiger charge is 2.51. The van der Waals surface area contributed by atoms with Gasteiger partial charge >= 0.3 is 13.9 Å². The maximum atomic E-state index is 12.3. The first-order chi connectivity index (χ1) is 17.5. The zero-order valence-corrected chi connectivity index (χ0v) is 22.4. The van der Waals surface area contributed by atoms with E-state index in [1.807, 2.05) is 0 Å². The second-order valence-electron chi connectivity index (χ2n) is 9.50. The minimum Gasteiger partial charge on any atom is -0.394 e. The molecule has 1 aromatic heterocycles. The normalized spacial score (nSPS) is 22.2. The molecule has 0 radical (unpaired) electrons. The zero-order chi connectivity index (χ0) is 26.2. The quantitative estimate of drug-likeness (QED) is 0.167. The fourth-order valence-corrected chi connectivity index (χ4v) is 5.10. The maximum absolute atomic E-state index is 12.3. The van der Waals surface area contributed by atoms with Crippen LogP contribution in [0.5, 0.6) is 0 Å². The average Bonchev–Trinajstić information content (AvgIpc) is 3.17. The van der Waals surface area contributed by atoms with Gasteiger partial charge in [-0.15, -0.1) is 9.42 Å². The lowest BCUT2D eigenvalue weighted by Gasteiger charge is -2.22. The van der Waals surface area contributed by atoms with Gasteiger partial charge in [-0.2, -0.15) is 0 Å². The minimum atomic E-state index is -2.98. The number of ether oxygens (including phenoxy) is 2. The molecule has 2 rings (SSSR count). The van der Waals surface area contributed by atoms with Crippen LogP contribution < -0.4 is 11.2 Å². The Morgan fingerprint density at radius 1 is 0.944 bits per heavy atom. The number of aromatic amines is 1. The second kappa shape index (κ2) is 17.9. The standard InChI is InChI=1S/C25H43N2O8P/c1-2-3-4-5-6-7-8-9-10-11-12-13-14-15-18-33-23-22(35-36(31)32)20(19-28)34-24(23)27-17-16-21(29)26-25(27)30/h16-17,20,22-24,28H,2-15,18-19H2,1H3,(H-,26,29,30,31,32)/p+1. The second-order valence-corrected chi connectivity index (χ2v) is 10.2. The molecule has 1 aromatic rings. The summed E-state index contributed by atoms with van der Waals surface area (Å²) in [6.07, 6.45) is 14.7. The Morgan fingerprint density at radius 3 is 2.00 bits per heavy atom. The van der Waals surface area contributed by atoms with Crippen LogP contribution in [-0.2, 0) is 18.6 Å². The number of aliphatic hydroxyl groups excluding tert-OH is 1. The Labute approximate surface area is 214 Å². The van der Waals surface area contributed by atoms with Crippen LogP contribution in [0.4, 0.5) is 0 Å². The van der Waals surface area contributed by atoms with Crippen molar-refractivity contribution in [3.63, 3.8) is 0 Å². The molecule has 206 valence electrons. The van der Waals surface area contributed by atoms with Crippen molar-refractivity contribution in [3.05, 3.63) is 33.1 Å². The number of aromatic nitrogens is 2. The molecule has 1 aliphatic heterocycles. The zero-order valence-electron chi connectivity index (χ0n) is 21.5. The van der Waals surface area contributed by atoms with Gasteiger partial charge in [-0.3, -0.25) is 14.3 Å². The molecule has 0 aliphatic carbocycles. The summed E-state index contributed by atoms with van der Waals surface area (Å²) in [6.45, 7) is 2.11. The van der Waals surface area contributed by atoms with Gasteiger partial charge in [0.25, 0.3) is 5.56 Å². The van der Waals surface area contributed by atoms with Crippen LogP contribution in [0.2, 0.25) is 0 Å². The fraction of sp³-hybridized carbons (Fsp3) is 0.840. The van der Waals surface area contributed by atoms with Crippen LogP contribution in [0, 0.1) is 0 Å². The number of nitrogens with zero attached hydrogens (tertiary/aromatic N) is 1. The van der Waals surface area contributed by atoms with Gasteiger partial charge in [0.15, 0.2) is 12.3 Å². The lowest BCUT2D eigenvalue weighted by Crippen LogP contribution is -2.40. The molecule has 0 saturated carbocycles. The number of H-pyrrole nitrogens is 1. The van der Waals surface area contributed by atoms with Crippen LogP contribution in [-0.4, -0.2) is 51.1 Å². The molecule has 11 heteroatoms. The largest absolute Gasteiger partial charge is 0.695 e. The summed E-state index contributed by atoms with van der Waals surface area (Å²) < 4.78 is 29.2. The van der Waals surface area contributed by atoms with Crippen molar-refractivity contribution in [2.45, 2.75) is 121 Å². The summed E-state index contributed by atoms with van der Waals surface area (Å²) in [5, 5.41) is 9.67. The van der Waals surface area contributed by atoms with Crippen LogP contribution >= 0.6 is 8.25 Å². The van der Waals surface area contributed by atoms with E-state index < -0.39 is 50.7 Å². The summed E-state index contributed by atoms with van der Waals surface area (Å²) in [5.41, 5.74) is -1.26. The topological polar surface area (TPSA) is 140 Å². The Hall–Kier alpha value is -1.42. The number of hydrogen-bond acceptors (Lipinski definition) is 7. The van der Waals surface area contributed by atoms with E-state index in [0.29, 0.717) is 6.61 Å². The Balaban J connectivity index is 1.71. The maximum Gasteiger partial charge on any atom is 0.695 e. The lowest BCUT2D eigenvalue weighted by atomic mass is 10.0. The molecule has 36 heavy (non-hydrogen) atoms. The lowest BCUT2D eigenvalue weighted by molar-refractivity contribution is -0.0744. The van der Waals surface area contributed by atoms with Crippen LogP contribution in [0.1, 0.15) is 103 Å². The molecule has 3 N–H and O–H groups in total. The Kier molecular flexibility index (Phi) is 15.3. The highest BCUT2D eigenvalue weighted by Crippen LogP contribution is 2.37. The van der Waals surface area contributed by atoms with Crippen molar-refractivity contribution in [3.8, 4) is 0 Å². The predicted octanol–water partition coefficient (Wildman–Crippen LogP) is 4.33. The van der Waals surface area contributed by atoms with Crippen molar-refractivity contribution in [2.24, 2.45) is 0 Å². The smallest absolute Gasteiger partial charge is 0.394 e. The summed E-state index contributed by atoms with van der Waals surface area (Å²) in [4.78, 5) is 35.1. The van der Waals surface area contributed by atoms with E-state index in [0.717, 1.165) is 23.8 Å². The molecular formula is C25H44N2O8P+. The number of nitrogens with one attached hydrogen (secondary N) is 1. The van der Waals surface area contributed by atoms with Gasteiger partial charge in [-0.05, 0) is 6.42 Å². The van der Waals surface area contributed by atoms with E-state index >= 15 is 0 Å². The van der Waals surface area contributed by atoms with Crippen molar-refractivity contribution in [2.75, 3.05) is 13.2 Å². The summed E-state index contributed by atoms with van der Waals surface area (Å²) >= 11 is 0. The van der Waals surface area contributed by atoms with Gasteiger partial charge < -0.3 is 14.6 Å². The van der Waals surface area contributed by atoms with Gasteiger partial charge in [-0.25, -0.2) is 4.79 Å². The molecule has 5 unspecified atom stereocenters. The Bertz CT molecular complexity index is 861. The molecule has 0 aromatic carbocycles. The van der Waals surface area contributed by atoms with Crippen molar-refractivity contribution < 1.29 is 28.6 Å². The Morgan fingerprint density at radius 2 is 1.50 bits per heavy atom. The first-order valence-corrected chi connectivity index (χ1v) is 14.6. The summed E-state index contributed by atoms with van der Waals surface area (Å²) in [6, 6.07) is 1.17. The molecular weight excluding hydrogens is 487 g/mol. The highest BCUT2D eigenvalue weighted by molar-refractivity contribution is 7.32. The molecule has 1 saturated heterocycles. The minimum absolute atomic E-state index is 0.348. The molecule has 0 spiro atoms. The summed E-state index contributed by atoms with van der Waals surface area (Å²) in [5.74, 6) is 0. The first-order valence-electron chi connectivity index (χ1n) is 13.5. The molecule has 1 fully saturated rings. The van der Waals surface area contributed by atoms with E-state index in [4.69, 9.17) is 14.0 Å². The van der Waals surface area contributed by atoms with Gasteiger partial charge in [0.05, 0.1) is 6.61 Å². The monoisotopic (exact) mass is 531 g/mol. The van der Waals surface area contributed by atoms with Crippen molar-refractivity contribution >= 4 is 8.25 Å². The third kappa shape index (κ3) is 10.9. The first kappa shape index (κ1) is 30.8. The summed E-state index contributed by atoms with van der Waals surface area (Å²) in [7, 11) is -2.98. The third-order valence-electron chi connectivity index (χ3n) is 6.61. The molecule has 10 nitrogen and oxygen atoms in total. The number of hydrogen-bond donors (Lipinski definition) is 3. The van der Waals surface area contributed by atoms with E-state index in [-0.39, 0.29) is 0 Å². The van der Waals surface area contributed by atoms with Gasteiger partial charge in [-0.1, -0.05) is 90.4 Å². The van der Waals surface area contributed by atoms with Gasteiger partial charge in [0.2, 0.25) is 0 Å². The molecule has 2 heterocycles. The third-order valence-corrected chi connectivity index (χ3v) is 7.03. The SMILES string of the molecule is CCCCCCCCCCCCCCCCOC1C(O[P+](=O)O)C(CO)OC1n1ccc(=O)[nH]c1=O. The predicted molar refractivity (Wildman–Crippen MR) is 137 cm³/mol. The molecule has 5 atom stereocenters. The van der Waals surface area contributed by atoms with Gasteiger partial charge in [0.1, 0.15) is 12.2 Å². The molecule has 1 aliphatic rings. The van der Waals surface area contributed by atoms with E-state index in [1.165, 1.54) is 82.9 Å².